The van der Waals surface area contributed by atoms with Crippen molar-refractivity contribution in [3.63, 3.8) is 0 Å². The molecule has 0 saturated heterocycles. The second-order valence-electron chi connectivity index (χ2n) is 4.33. The van der Waals surface area contributed by atoms with Gasteiger partial charge in [-0.05, 0) is 54.4 Å². The van der Waals surface area contributed by atoms with Gasteiger partial charge in [0.05, 0.1) is 0 Å². The van der Waals surface area contributed by atoms with Crippen LogP contribution in [0.15, 0.2) is 42.5 Å². The van der Waals surface area contributed by atoms with Crippen molar-refractivity contribution in [2.24, 2.45) is 0 Å². The molecule has 106 valence electrons. The predicted octanol–water partition coefficient (Wildman–Crippen LogP) is 4.35. The lowest BCUT2D eigenvalue weighted by Gasteiger charge is -2.10. The Morgan fingerprint density at radius 2 is 1.80 bits per heavy atom. The second kappa shape index (κ2) is 6.32. The van der Waals surface area contributed by atoms with Gasteiger partial charge in [0.2, 0.25) is 0 Å². The summed E-state index contributed by atoms with van der Waals surface area (Å²) in [4.78, 5) is 0. The molecule has 0 spiro atoms. The van der Waals surface area contributed by atoms with E-state index in [1.807, 2.05) is 6.92 Å². The van der Waals surface area contributed by atoms with E-state index in [-0.39, 0.29) is 11.6 Å². The van der Waals surface area contributed by atoms with Gasteiger partial charge in [0.15, 0.2) is 0 Å². The number of hydrogen-bond acceptors (Lipinski definition) is 2. The first-order valence-electron chi connectivity index (χ1n) is 6.08. The molecule has 2 aromatic carbocycles. The van der Waals surface area contributed by atoms with Gasteiger partial charge in [0, 0.05) is 12.2 Å². The fraction of sp³-hybridized carbons (Fsp3) is 0.200. The first kappa shape index (κ1) is 14.2. The summed E-state index contributed by atoms with van der Waals surface area (Å²) in [5.74, 6) is -0.180. The van der Waals surface area contributed by atoms with Crippen LogP contribution in [0.4, 0.5) is 18.9 Å². The molecule has 5 heteroatoms. The molecule has 20 heavy (non-hydrogen) atoms. The molecular formula is C15H14F3NO. The van der Waals surface area contributed by atoms with E-state index in [1.54, 1.807) is 18.2 Å². The molecule has 2 nitrogen and oxygen atoms in total. The fourth-order valence-electron chi connectivity index (χ4n) is 1.78. The van der Waals surface area contributed by atoms with E-state index in [9.17, 15) is 13.2 Å². The summed E-state index contributed by atoms with van der Waals surface area (Å²) in [7, 11) is 0. The molecule has 0 heterocycles. The molecule has 0 amide bonds. The summed E-state index contributed by atoms with van der Waals surface area (Å²) < 4.78 is 41.4. The van der Waals surface area contributed by atoms with Gasteiger partial charge in [-0.25, -0.2) is 4.39 Å². The SMILES string of the molecule is Cc1ccc(F)cc1CNc1ccc(OC(F)F)cc1. The van der Waals surface area contributed by atoms with Crippen LogP contribution in [-0.2, 0) is 6.54 Å². The summed E-state index contributed by atoms with van der Waals surface area (Å²) in [6, 6.07) is 10.8. The molecule has 0 aliphatic carbocycles. The summed E-state index contributed by atoms with van der Waals surface area (Å²) in [6.45, 7) is -0.474. The van der Waals surface area contributed by atoms with Crippen molar-refractivity contribution in [2.45, 2.75) is 20.1 Å². The highest BCUT2D eigenvalue weighted by Crippen LogP contribution is 2.19. The van der Waals surface area contributed by atoms with Crippen LogP contribution in [0.3, 0.4) is 0 Å². The average molecular weight is 281 g/mol. The van der Waals surface area contributed by atoms with Crippen LogP contribution in [0.25, 0.3) is 0 Å². The van der Waals surface area contributed by atoms with Gasteiger partial charge in [-0.15, -0.1) is 0 Å². The van der Waals surface area contributed by atoms with Crippen molar-refractivity contribution < 1.29 is 17.9 Å². The first-order valence-corrected chi connectivity index (χ1v) is 6.08. The van der Waals surface area contributed by atoms with Crippen molar-refractivity contribution in [1.82, 2.24) is 0 Å². The zero-order valence-electron chi connectivity index (χ0n) is 10.9. The maximum atomic E-state index is 13.1. The van der Waals surface area contributed by atoms with Gasteiger partial charge in [-0.3, -0.25) is 0 Å². The lowest BCUT2D eigenvalue weighted by Crippen LogP contribution is -2.03. The van der Waals surface area contributed by atoms with Crippen molar-refractivity contribution >= 4 is 5.69 Å². The second-order valence-corrected chi connectivity index (χ2v) is 4.33. The van der Waals surface area contributed by atoms with E-state index in [2.05, 4.69) is 10.1 Å². The van der Waals surface area contributed by atoms with E-state index in [0.29, 0.717) is 6.54 Å². The van der Waals surface area contributed by atoms with Crippen LogP contribution in [0.1, 0.15) is 11.1 Å². The van der Waals surface area contributed by atoms with Gasteiger partial charge in [-0.1, -0.05) is 6.07 Å². The number of aryl methyl sites for hydroxylation is 1. The van der Waals surface area contributed by atoms with Gasteiger partial charge in [-0.2, -0.15) is 8.78 Å². The standard InChI is InChI=1S/C15H14F3NO/c1-10-2-3-12(16)8-11(10)9-19-13-4-6-14(7-5-13)20-15(17)18/h2-8,15,19H,9H2,1H3. The third-order valence-corrected chi connectivity index (χ3v) is 2.87. The highest BCUT2D eigenvalue weighted by molar-refractivity contribution is 5.47. The first-order chi connectivity index (χ1) is 9.54. The van der Waals surface area contributed by atoms with Crippen LogP contribution < -0.4 is 10.1 Å². The smallest absolute Gasteiger partial charge is 0.387 e. The third kappa shape index (κ3) is 3.91. The van der Waals surface area contributed by atoms with Crippen molar-refractivity contribution in [2.75, 3.05) is 5.32 Å². The number of benzene rings is 2. The number of halogens is 3. The van der Waals surface area contributed by atoms with Gasteiger partial charge in [0.25, 0.3) is 0 Å². The number of alkyl halides is 2. The fourth-order valence-corrected chi connectivity index (χ4v) is 1.78. The summed E-state index contributed by atoms with van der Waals surface area (Å²) in [5, 5.41) is 3.10. The number of anilines is 1. The topological polar surface area (TPSA) is 21.3 Å². The molecule has 0 fully saturated rings. The number of hydrogen-bond donors (Lipinski definition) is 1. The average Bonchev–Trinajstić information content (AvgIpc) is 2.41. The molecule has 0 atom stereocenters. The van der Waals surface area contributed by atoms with Crippen molar-refractivity contribution in [3.8, 4) is 5.75 Å². The zero-order chi connectivity index (χ0) is 14.5. The van der Waals surface area contributed by atoms with Gasteiger partial charge < -0.3 is 10.1 Å². The van der Waals surface area contributed by atoms with Crippen LogP contribution in [-0.4, -0.2) is 6.61 Å². The van der Waals surface area contributed by atoms with Gasteiger partial charge in [0.1, 0.15) is 11.6 Å². The molecule has 0 aromatic heterocycles. The quantitative estimate of drug-likeness (QED) is 0.879. The Balaban J connectivity index is 1.98. The molecule has 0 saturated carbocycles. The summed E-state index contributed by atoms with van der Waals surface area (Å²) in [5.41, 5.74) is 2.57. The molecule has 0 unspecified atom stereocenters. The molecular weight excluding hydrogens is 267 g/mol. The molecule has 0 bridgehead atoms. The van der Waals surface area contributed by atoms with Crippen molar-refractivity contribution in [3.05, 3.63) is 59.4 Å². The number of nitrogens with one attached hydrogen (secondary N) is 1. The van der Waals surface area contributed by atoms with Crippen LogP contribution in [0, 0.1) is 12.7 Å². The lowest BCUT2D eigenvalue weighted by atomic mass is 10.1. The summed E-state index contributed by atoms with van der Waals surface area (Å²) >= 11 is 0. The Morgan fingerprint density at radius 1 is 1.10 bits per heavy atom. The highest BCUT2D eigenvalue weighted by atomic mass is 19.3. The van der Waals surface area contributed by atoms with E-state index in [0.717, 1.165) is 16.8 Å². The largest absolute Gasteiger partial charge is 0.435 e. The third-order valence-electron chi connectivity index (χ3n) is 2.87. The molecule has 2 aromatic rings. The van der Waals surface area contributed by atoms with Crippen LogP contribution in [0.5, 0.6) is 5.75 Å². The number of rotatable bonds is 5. The minimum Gasteiger partial charge on any atom is -0.435 e. The molecule has 0 aliphatic heterocycles. The number of ether oxygens (including phenoxy) is 1. The highest BCUT2D eigenvalue weighted by Gasteiger charge is 2.04. The Morgan fingerprint density at radius 3 is 2.45 bits per heavy atom. The minimum absolute atomic E-state index is 0.104. The van der Waals surface area contributed by atoms with Crippen LogP contribution >= 0.6 is 0 Å². The normalized spacial score (nSPS) is 10.7. The van der Waals surface area contributed by atoms with E-state index in [1.165, 1.54) is 24.3 Å². The molecule has 2 rings (SSSR count). The maximum absolute atomic E-state index is 13.1. The minimum atomic E-state index is -2.83. The Labute approximate surface area is 115 Å². The molecule has 0 aliphatic rings. The van der Waals surface area contributed by atoms with E-state index in [4.69, 9.17) is 0 Å². The van der Waals surface area contributed by atoms with Crippen molar-refractivity contribution in [1.29, 1.82) is 0 Å². The Kier molecular flexibility index (Phi) is 4.50. The van der Waals surface area contributed by atoms with E-state index >= 15 is 0 Å². The molecule has 0 radical (unpaired) electrons. The zero-order valence-corrected chi connectivity index (χ0v) is 10.9. The maximum Gasteiger partial charge on any atom is 0.387 e. The molecule has 1 N–H and O–H groups in total. The van der Waals surface area contributed by atoms with E-state index < -0.39 is 6.61 Å². The van der Waals surface area contributed by atoms with Gasteiger partial charge >= 0.3 is 6.61 Å². The van der Waals surface area contributed by atoms with Crippen LogP contribution in [0.2, 0.25) is 0 Å². The Bertz CT molecular complexity index is 570. The monoisotopic (exact) mass is 281 g/mol. The predicted molar refractivity (Wildman–Crippen MR) is 71.5 cm³/mol. The Hall–Kier alpha value is -2.17. The summed E-state index contributed by atoms with van der Waals surface area (Å²) in [6.07, 6.45) is 0. The lowest BCUT2D eigenvalue weighted by molar-refractivity contribution is -0.0498.